The lowest BCUT2D eigenvalue weighted by atomic mass is 10.2. The van der Waals surface area contributed by atoms with Crippen LogP contribution < -0.4 is 0 Å². The van der Waals surface area contributed by atoms with E-state index in [-0.39, 0.29) is 0 Å². The van der Waals surface area contributed by atoms with Gasteiger partial charge in [0, 0.05) is 5.33 Å². The van der Waals surface area contributed by atoms with Gasteiger partial charge in [-0.15, -0.1) is 0 Å². The van der Waals surface area contributed by atoms with Crippen LogP contribution in [0.5, 0.6) is 0 Å². The molecule has 0 saturated carbocycles. The Labute approximate surface area is 50.6 Å². The van der Waals surface area contributed by atoms with Crippen LogP contribution in [0.25, 0.3) is 0 Å². The summed E-state index contributed by atoms with van der Waals surface area (Å²) in [5.74, 6) is 0. The summed E-state index contributed by atoms with van der Waals surface area (Å²) in [6, 6.07) is 1.02. The molecule has 1 aliphatic heterocycles. The van der Waals surface area contributed by atoms with Gasteiger partial charge in [0.25, 0.3) is 0 Å². The van der Waals surface area contributed by atoms with Crippen molar-refractivity contribution in [3.05, 3.63) is 0 Å². The smallest absolute Gasteiger partial charge is 0.165 e. The molecule has 3 heteroatoms. The van der Waals surface area contributed by atoms with Gasteiger partial charge in [-0.3, -0.25) is 0 Å². The van der Waals surface area contributed by atoms with Crippen molar-refractivity contribution < 1.29 is 0 Å². The molecule has 8 heavy (non-hydrogen) atoms. The summed E-state index contributed by atoms with van der Waals surface area (Å²) >= 11 is 0. The van der Waals surface area contributed by atoms with E-state index in [4.69, 9.17) is 10.5 Å². The summed E-state index contributed by atoms with van der Waals surface area (Å²) in [6.07, 6.45) is 3.27. The molecule has 1 saturated heterocycles. The fourth-order valence-electron chi connectivity index (χ4n) is 0.905. The first kappa shape index (κ1) is 5.82. The van der Waals surface area contributed by atoms with Gasteiger partial charge in [0.1, 0.15) is 0 Å². The van der Waals surface area contributed by atoms with Crippen LogP contribution in [0.1, 0.15) is 19.3 Å². The van der Waals surface area contributed by atoms with Crippen LogP contribution in [0.3, 0.4) is 0 Å². The van der Waals surface area contributed by atoms with Crippen LogP contribution >= 0.6 is 0 Å². The van der Waals surface area contributed by atoms with E-state index in [0.717, 1.165) is 24.2 Å². The van der Waals surface area contributed by atoms with Crippen LogP contribution in [0.15, 0.2) is 0 Å². The molecule has 2 N–H and O–H groups in total. The fraction of sp³-hybridized carbons (Fsp3) is 0.800. The zero-order chi connectivity index (χ0) is 5.98. The molecule has 0 aromatic rings. The standard InChI is InChI=1S/C5H10N2Si/c6-5-3-1-2-4-8(5)7/h6-7H,1-4H2. The maximum Gasteiger partial charge on any atom is 0.165 e. The van der Waals surface area contributed by atoms with Gasteiger partial charge in [-0.1, -0.05) is 6.42 Å². The summed E-state index contributed by atoms with van der Waals surface area (Å²) < 4.78 is 0. The van der Waals surface area contributed by atoms with Gasteiger partial charge < -0.3 is 10.5 Å². The Hall–Kier alpha value is -0.313. The van der Waals surface area contributed by atoms with Gasteiger partial charge in [0.05, 0.1) is 0 Å². The van der Waals surface area contributed by atoms with E-state index in [1.807, 2.05) is 0 Å². The van der Waals surface area contributed by atoms with Crippen molar-refractivity contribution in [3.8, 4) is 0 Å². The molecule has 0 aromatic carbocycles. The first-order valence-electron chi connectivity index (χ1n) is 2.96. The Balaban J connectivity index is 2.52. The van der Waals surface area contributed by atoms with E-state index < -0.39 is 8.59 Å². The molecule has 2 nitrogen and oxygen atoms in total. The molecule has 0 aromatic heterocycles. The molecule has 0 unspecified atom stereocenters. The second-order valence-electron chi connectivity index (χ2n) is 2.16. The molecule has 1 fully saturated rings. The Morgan fingerprint density at radius 1 is 1.38 bits per heavy atom. The van der Waals surface area contributed by atoms with Crippen molar-refractivity contribution in [2.75, 3.05) is 0 Å². The van der Waals surface area contributed by atoms with Crippen molar-refractivity contribution in [2.24, 2.45) is 0 Å². The van der Waals surface area contributed by atoms with Gasteiger partial charge in [-0.2, -0.15) is 0 Å². The number of hydrogen-bond acceptors (Lipinski definition) is 2. The SMILES string of the molecule is N=C1CCCC[Si]1=N. The van der Waals surface area contributed by atoms with E-state index in [9.17, 15) is 0 Å². The van der Waals surface area contributed by atoms with E-state index in [1.54, 1.807) is 0 Å². The zero-order valence-corrected chi connectivity index (χ0v) is 5.83. The molecule has 0 radical (unpaired) electrons. The number of nitrogens with one attached hydrogen (secondary N) is 2. The molecule has 0 atom stereocenters. The molecule has 1 rings (SSSR count). The van der Waals surface area contributed by atoms with E-state index >= 15 is 0 Å². The molecule has 0 amide bonds. The van der Waals surface area contributed by atoms with Crippen molar-refractivity contribution >= 4 is 13.9 Å². The minimum absolute atomic E-state index is 0.737. The van der Waals surface area contributed by atoms with Gasteiger partial charge in [-0.05, 0) is 18.9 Å². The summed E-state index contributed by atoms with van der Waals surface area (Å²) in [7, 11) is -1.04. The van der Waals surface area contributed by atoms with Crippen LogP contribution in [0, 0.1) is 10.5 Å². The predicted octanol–water partition coefficient (Wildman–Crippen LogP) is 1.57. The quantitative estimate of drug-likeness (QED) is 0.463. The maximum atomic E-state index is 7.36. The van der Waals surface area contributed by atoms with E-state index in [2.05, 4.69) is 0 Å². The molecule has 0 bridgehead atoms. The normalized spacial score (nSPS) is 21.5. The Morgan fingerprint density at radius 3 is 2.50 bits per heavy atom. The van der Waals surface area contributed by atoms with Crippen molar-refractivity contribution in [1.29, 1.82) is 10.5 Å². The minimum atomic E-state index is -1.04. The lowest BCUT2D eigenvalue weighted by Crippen LogP contribution is -2.18. The third-order valence-electron chi connectivity index (χ3n) is 1.47. The van der Waals surface area contributed by atoms with Crippen LogP contribution in [-0.4, -0.2) is 13.9 Å². The maximum absolute atomic E-state index is 7.36. The lowest BCUT2D eigenvalue weighted by molar-refractivity contribution is 0.811. The van der Waals surface area contributed by atoms with Gasteiger partial charge in [0.2, 0.25) is 0 Å². The summed E-state index contributed by atoms with van der Waals surface area (Å²) in [5, 5.41) is 15.3. The van der Waals surface area contributed by atoms with Gasteiger partial charge in [-0.25, -0.2) is 0 Å². The highest BCUT2D eigenvalue weighted by Crippen LogP contribution is 2.09. The Kier molecular flexibility index (Phi) is 1.68. The molecule has 0 aliphatic carbocycles. The van der Waals surface area contributed by atoms with Gasteiger partial charge in [0.15, 0.2) is 8.59 Å². The summed E-state index contributed by atoms with van der Waals surface area (Å²) in [5.41, 5.74) is 0. The minimum Gasteiger partial charge on any atom is -0.345 e. The summed E-state index contributed by atoms with van der Waals surface area (Å²) in [6.45, 7) is 0. The average Bonchev–Trinajstić information content (AvgIpc) is 1.77. The van der Waals surface area contributed by atoms with E-state index in [0.29, 0.717) is 0 Å². The highest BCUT2D eigenvalue weighted by molar-refractivity contribution is 6.81. The molecule has 1 heterocycles. The van der Waals surface area contributed by atoms with Crippen LogP contribution in [0.4, 0.5) is 0 Å². The molecule has 0 spiro atoms. The fourth-order valence-corrected chi connectivity index (χ4v) is 2.29. The van der Waals surface area contributed by atoms with Crippen molar-refractivity contribution in [1.82, 2.24) is 0 Å². The van der Waals surface area contributed by atoms with E-state index in [1.165, 1.54) is 6.42 Å². The zero-order valence-electron chi connectivity index (χ0n) is 4.83. The van der Waals surface area contributed by atoms with Crippen molar-refractivity contribution in [2.45, 2.75) is 25.3 Å². The highest BCUT2D eigenvalue weighted by Gasteiger charge is 2.11. The predicted molar refractivity (Wildman–Crippen MR) is 34.9 cm³/mol. The number of hydrogen-bond donors (Lipinski definition) is 2. The second kappa shape index (κ2) is 2.30. The summed E-state index contributed by atoms with van der Waals surface area (Å²) in [4.78, 5) is 0. The third-order valence-corrected chi connectivity index (χ3v) is 3.30. The average molecular weight is 126 g/mol. The molecule has 1 aliphatic rings. The Bertz CT molecular complexity index is 114. The molecule has 44 valence electrons. The largest absolute Gasteiger partial charge is 0.345 e. The molecular formula is C5H10N2Si. The monoisotopic (exact) mass is 126 g/mol. The molecular weight excluding hydrogens is 116 g/mol. The second-order valence-corrected chi connectivity index (χ2v) is 4.22. The topological polar surface area (TPSA) is 47.7 Å². The first-order chi connectivity index (χ1) is 3.80. The van der Waals surface area contributed by atoms with Crippen LogP contribution in [0.2, 0.25) is 6.04 Å². The van der Waals surface area contributed by atoms with Crippen molar-refractivity contribution in [3.63, 3.8) is 0 Å². The lowest BCUT2D eigenvalue weighted by Gasteiger charge is -2.09. The Morgan fingerprint density at radius 2 is 2.12 bits per heavy atom. The highest BCUT2D eigenvalue weighted by atomic mass is 28.2. The van der Waals surface area contributed by atoms with Crippen LogP contribution in [-0.2, 0) is 0 Å². The first-order valence-corrected chi connectivity index (χ1v) is 4.66. The van der Waals surface area contributed by atoms with Gasteiger partial charge >= 0.3 is 0 Å². The third kappa shape index (κ3) is 1.09. The number of rotatable bonds is 0.